The number of alkyl halides is 4. The summed E-state index contributed by atoms with van der Waals surface area (Å²) in [5.41, 5.74) is -2.64. The molecule has 3 unspecified atom stereocenters. The number of hydrogen-bond donors (Lipinski definition) is 0. The van der Waals surface area contributed by atoms with Crippen LogP contribution in [0.1, 0.15) is 135 Å². The van der Waals surface area contributed by atoms with Crippen molar-refractivity contribution < 1.29 is 55.7 Å². The second-order valence-corrected chi connectivity index (χ2v) is 21.1. The zero-order valence-corrected chi connectivity index (χ0v) is 32.2. The minimum absolute atomic E-state index is 0.0336. The third-order valence-electron chi connectivity index (χ3n) is 16.5. The smallest absolute Gasteiger partial charge is 0.348 e. The molecule has 306 valence electrons. The summed E-state index contributed by atoms with van der Waals surface area (Å²) in [6.45, 7) is -0.291. The molecule has 0 amide bonds. The zero-order valence-electron chi connectivity index (χ0n) is 32.2. The Kier molecular flexibility index (Phi) is 9.23. The summed E-state index contributed by atoms with van der Waals surface area (Å²) < 4.78 is 79.7. The molecule has 0 aromatic heterocycles. The number of esters is 4. The molecular formula is C43H58F4O8. The van der Waals surface area contributed by atoms with E-state index in [0.717, 1.165) is 51.9 Å². The molecule has 8 nitrogen and oxygen atoms in total. The first-order valence-corrected chi connectivity index (χ1v) is 21.5. The van der Waals surface area contributed by atoms with E-state index in [-0.39, 0.29) is 35.7 Å². The molecule has 0 saturated heterocycles. The molecular weight excluding hydrogens is 720 g/mol. The molecule has 0 aromatic rings. The van der Waals surface area contributed by atoms with Gasteiger partial charge in [-0.2, -0.15) is 17.6 Å². The van der Waals surface area contributed by atoms with Crippen molar-refractivity contribution in [2.24, 2.45) is 69.0 Å². The summed E-state index contributed by atoms with van der Waals surface area (Å²) in [5.74, 6) is -8.24. The molecule has 0 aliphatic heterocycles. The fourth-order valence-electron chi connectivity index (χ4n) is 15.5. The lowest BCUT2D eigenvalue weighted by Gasteiger charge is -2.59. The standard InChI is InChI=1S/C43H58F4O8/c1-2-42(44,45)43(46,47)24-54-36(50)40-17-31-9-32(18-40)20-41(19-31,21-40)37(51)55-33(35(49)53-23-39-14-28-6-29(15-39)8-30(7-28)16-39)10-34(48)52-22-38-11-25-3-26(12-38)5-27(4-25)13-38/h25-33H,2-24H2,1H3. The summed E-state index contributed by atoms with van der Waals surface area (Å²) >= 11 is 0. The molecule has 12 heteroatoms. The van der Waals surface area contributed by atoms with Crippen LogP contribution in [0.2, 0.25) is 0 Å². The number of carbonyl (C=O) groups excluding carboxylic acids is 4. The molecule has 12 rings (SSSR count). The minimum atomic E-state index is -4.54. The number of rotatable bonds is 14. The van der Waals surface area contributed by atoms with E-state index < -0.39 is 72.1 Å². The van der Waals surface area contributed by atoms with Crippen molar-refractivity contribution in [2.75, 3.05) is 19.8 Å². The first-order valence-electron chi connectivity index (χ1n) is 21.5. The second-order valence-electron chi connectivity index (χ2n) is 21.1. The highest BCUT2D eigenvalue weighted by Gasteiger charge is 2.66. The van der Waals surface area contributed by atoms with Crippen LogP contribution < -0.4 is 0 Å². The predicted molar refractivity (Wildman–Crippen MR) is 188 cm³/mol. The SMILES string of the molecule is CCC(F)(F)C(F)(F)COC(=O)C12CC3CC(C1)CC(C(=O)OC(CC(=O)OCC14CC5CC(CC(C5)C1)C4)C(=O)OCC14CC5CC(CC(C5)C1)C4)(C3)C2. The van der Waals surface area contributed by atoms with Crippen molar-refractivity contribution in [3.8, 4) is 0 Å². The van der Waals surface area contributed by atoms with E-state index in [1.807, 2.05) is 0 Å². The van der Waals surface area contributed by atoms with Gasteiger partial charge in [0, 0.05) is 17.3 Å². The first kappa shape index (κ1) is 38.1. The highest BCUT2D eigenvalue weighted by Crippen LogP contribution is 2.66. The summed E-state index contributed by atoms with van der Waals surface area (Å²) in [6.07, 6.45) is 12.6. The van der Waals surface area contributed by atoms with E-state index in [9.17, 15) is 36.7 Å². The average Bonchev–Trinajstić information content (AvgIpc) is 3.10. The number of ether oxygens (including phenoxy) is 4. The summed E-state index contributed by atoms with van der Waals surface area (Å²) in [7, 11) is 0. The fraction of sp³-hybridized carbons (Fsp3) is 0.907. The fourth-order valence-corrected chi connectivity index (χ4v) is 15.5. The Hall–Kier alpha value is -2.40. The van der Waals surface area contributed by atoms with E-state index in [1.165, 1.54) is 38.5 Å². The van der Waals surface area contributed by atoms with E-state index in [0.29, 0.717) is 67.8 Å². The Labute approximate surface area is 321 Å². The van der Waals surface area contributed by atoms with E-state index in [1.54, 1.807) is 0 Å². The highest BCUT2D eigenvalue weighted by atomic mass is 19.3. The number of carbonyl (C=O) groups is 4. The van der Waals surface area contributed by atoms with E-state index >= 15 is 0 Å². The molecule has 0 heterocycles. The Balaban J connectivity index is 0.897. The van der Waals surface area contributed by atoms with Gasteiger partial charge >= 0.3 is 35.7 Å². The average molecular weight is 779 g/mol. The zero-order chi connectivity index (χ0) is 38.6. The van der Waals surface area contributed by atoms with Crippen molar-refractivity contribution in [1.29, 1.82) is 0 Å². The van der Waals surface area contributed by atoms with Crippen LogP contribution in [0.5, 0.6) is 0 Å². The maximum absolute atomic E-state index is 14.4. The van der Waals surface area contributed by atoms with Crippen molar-refractivity contribution in [2.45, 2.75) is 153 Å². The maximum Gasteiger partial charge on any atom is 0.348 e. The molecule has 12 aliphatic carbocycles. The third kappa shape index (κ3) is 6.90. The Morgan fingerprint density at radius 1 is 0.564 bits per heavy atom. The van der Waals surface area contributed by atoms with Crippen LogP contribution in [0.3, 0.4) is 0 Å². The van der Waals surface area contributed by atoms with Crippen LogP contribution in [0, 0.1) is 69.0 Å². The largest absolute Gasteiger partial charge is 0.465 e. The van der Waals surface area contributed by atoms with E-state index in [4.69, 9.17) is 18.9 Å². The normalized spacial score (nSPS) is 43.7. The van der Waals surface area contributed by atoms with E-state index in [2.05, 4.69) is 0 Å². The molecule has 55 heavy (non-hydrogen) atoms. The monoisotopic (exact) mass is 778 g/mol. The minimum Gasteiger partial charge on any atom is -0.465 e. The lowest BCUT2D eigenvalue weighted by atomic mass is 9.44. The predicted octanol–water partition coefficient (Wildman–Crippen LogP) is 8.62. The lowest BCUT2D eigenvalue weighted by Crippen LogP contribution is -2.59. The molecule has 3 atom stereocenters. The summed E-state index contributed by atoms with van der Waals surface area (Å²) in [6, 6.07) is 0. The Bertz CT molecular complexity index is 1490. The van der Waals surface area contributed by atoms with Crippen LogP contribution in [0.25, 0.3) is 0 Å². The first-order chi connectivity index (χ1) is 26.0. The van der Waals surface area contributed by atoms with Gasteiger partial charge < -0.3 is 18.9 Å². The van der Waals surface area contributed by atoms with Crippen molar-refractivity contribution in [3.63, 3.8) is 0 Å². The van der Waals surface area contributed by atoms with Gasteiger partial charge in [-0.05, 0) is 163 Å². The van der Waals surface area contributed by atoms with Crippen LogP contribution >= 0.6 is 0 Å². The van der Waals surface area contributed by atoms with Crippen LogP contribution in [0.4, 0.5) is 17.6 Å². The molecule has 0 aromatic carbocycles. The van der Waals surface area contributed by atoms with Gasteiger partial charge in [0.1, 0.15) is 0 Å². The van der Waals surface area contributed by atoms with Gasteiger partial charge in [0.2, 0.25) is 6.10 Å². The van der Waals surface area contributed by atoms with Crippen molar-refractivity contribution in [3.05, 3.63) is 0 Å². The molecule has 12 fully saturated rings. The third-order valence-corrected chi connectivity index (χ3v) is 16.5. The molecule has 12 bridgehead atoms. The number of halogens is 4. The summed E-state index contributed by atoms with van der Waals surface area (Å²) in [4.78, 5) is 55.6. The number of hydrogen-bond acceptors (Lipinski definition) is 8. The Morgan fingerprint density at radius 3 is 1.44 bits per heavy atom. The van der Waals surface area contributed by atoms with Crippen molar-refractivity contribution in [1.82, 2.24) is 0 Å². The van der Waals surface area contributed by atoms with Gasteiger partial charge in [0.05, 0.1) is 30.5 Å². The van der Waals surface area contributed by atoms with Crippen LogP contribution in [-0.2, 0) is 38.1 Å². The highest BCUT2D eigenvalue weighted by molar-refractivity contribution is 5.87. The van der Waals surface area contributed by atoms with Gasteiger partial charge in [-0.3, -0.25) is 14.4 Å². The molecule has 12 aliphatic rings. The van der Waals surface area contributed by atoms with Gasteiger partial charge in [-0.15, -0.1) is 0 Å². The van der Waals surface area contributed by atoms with Gasteiger partial charge in [0.25, 0.3) is 0 Å². The molecule has 0 radical (unpaired) electrons. The quantitative estimate of drug-likeness (QED) is 0.0982. The maximum atomic E-state index is 14.4. The second kappa shape index (κ2) is 13.3. The molecule has 0 spiro atoms. The van der Waals surface area contributed by atoms with Gasteiger partial charge in [-0.25, -0.2) is 4.79 Å². The molecule has 0 N–H and O–H groups in total. The summed E-state index contributed by atoms with van der Waals surface area (Å²) in [5, 5.41) is 0. The lowest BCUT2D eigenvalue weighted by molar-refractivity contribution is -0.239. The molecule has 12 saturated carbocycles. The van der Waals surface area contributed by atoms with Crippen LogP contribution in [-0.4, -0.2) is 61.6 Å². The van der Waals surface area contributed by atoms with Crippen molar-refractivity contribution >= 4 is 23.9 Å². The topological polar surface area (TPSA) is 105 Å². The Morgan fingerprint density at radius 2 is 0.982 bits per heavy atom. The van der Waals surface area contributed by atoms with Gasteiger partial charge in [-0.1, -0.05) is 6.92 Å². The van der Waals surface area contributed by atoms with Gasteiger partial charge in [0.15, 0.2) is 6.61 Å². The van der Waals surface area contributed by atoms with Crippen LogP contribution in [0.15, 0.2) is 0 Å².